The summed E-state index contributed by atoms with van der Waals surface area (Å²) in [5, 5.41) is 5.49. The number of aromatic nitrogens is 2. The van der Waals surface area contributed by atoms with E-state index in [0.717, 1.165) is 38.4 Å². The highest BCUT2D eigenvalue weighted by Crippen LogP contribution is 2.36. The van der Waals surface area contributed by atoms with Crippen LogP contribution in [0.3, 0.4) is 0 Å². The van der Waals surface area contributed by atoms with E-state index in [-0.39, 0.29) is 0 Å². The number of aryl methyl sites for hydroxylation is 1. The minimum atomic E-state index is 0.706. The van der Waals surface area contributed by atoms with E-state index in [1.165, 1.54) is 0 Å². The maximum atomic E-state index is 5.99. The standard InChI is InChI=1S/C23H17BrClN3/c1-16-22(18-6-5-7-19(24)14-18)23(26-15-17-10-12-20(25)13-11-17)28(27-16)21-8-3-2-4-9-21/h2-15H,1H3/b26-15-. The van der Waals surface area contributed by atoms with Crippen LogP contribution in [0.1, 0.15) is 11.3 Å². The highest BCUT2D eigenvalue weighted by molar-refractivity contribution is 9.10. The summed E-state index contributed by atoms with van der Waals surface area (Å²) < 4.78 is 2.90. The highest BCUT2D eigenvalue weighted by atomic mass is 79.9. The van der Waals surface area contributed by atoms with Crippen molar-refractivity contribution in [3.05, 3.63) is 99.6 Å². The second-order valence-corrected chi connectivity index (χ2v) is 7.70. The molecule has 0 fully saturated rings. The van der Waals surface area contributed by atoms with E-state index in [4.69, 9.17) is 21.7 Å². The monoisotopic (exact) mass is 449 g/mol. The average molecular weight is 451 g/mol. The Balaban J connectivity index is 1.89. The van der Waals surface area contributed by atoms with Gasteiger partial charge in [0.15, 0.2) is 5.82 Å². The molecule has 4 aromatic rings. The first-order valence-electron chi connectivity index (χ1n) is 8.82. The van der Waals surface area contributed by atoms with Gasteiger partial charge in [-0.2, -0.15) is 5.10 Å². The molecule has 4 rings (SSSR count). The summed E-state index contributed by atoms with van der Waals surface area (Å²) in [6.07, 6.45) is 1.84. The van der Waals surface area contributed by atoms with Crippen LogP contribution in [0.5, 0.6) is 0 Å². The van der Waals surface area contributed by atoms with Crippen LogP contribution >= 0.6 is 27.5 Å². The zero-order chi connectivity index (χ0) is 19.5. The van der Waals surface area contributed by atoms with Gasteiger partial charge < -0.3 is 0 Å². The van der Waals surface area contributed by atoms with Crippen molar-refractivity contribution in [1.82, 2.24) is 9.78 Å². The lowest BCUT2D eigenvalue weighted by molar-refractivity contribution is 0.863. The SMILES string of the molecule is Cc1nn(-c2ccccc2)c(/N=C\c2ccc(Cl)cc2)c1-c1cccc(Br)c1. The number of aliphatic imine (C=N–C) groups is 1. The van der Waals surface area contributed by atoms with Crippen LogP contribution in [0.15, 0.2) is 88.3 Å². The molecule has 0 bridgehead atoms. The Bertz CT molecular complexity index is 1130. The van der Waals surface area contributed by atoms with Crippen molar-refractivity contribution < 1.29 is 0 Å². The molecule has 0 aliphatic carbocycles. The number of nitrogens with zero attached hydrogens (tertiary/aromatic N) is 3. The van der Waals surface area contributed by atoms with E-state index in [0.29, 0.717) is 5.02 Å². The molecule has 3 aromatic carbocycles. The maximum absolute atomic E-state index is 5.99. The van der Waals surface area contributed by atoms with Crippen LogP contribution in [-0.4, -0.2) is 16.0 Å². The number of rotatable bonds is 4. The zero-order valence-corrected chi connectivity index (χ0v) is 17.5. The number of halogens is 2. The zero-order valence-electron chi connectivity index (χ0n) is 15.2. The summed E-state index contributed by atoms with van der Waals surface area (Å²) in [4.78, 5) is 4.83. The van der Waals surface area contributed by atoms with Gasteiger partial charge in [-0.25, -0.2) is 9.67 Å². The number of hydrogen-bond donors (Lipinski definition) is 0. The summed E-state index contributed by atoms with van der Waals surface area (Å²) >= 11 is 9.56. The fraction of sp³-hybridized carbons (Fsp3) is 0.0435. The summed E-state index contributed by atoms with van der Waals surface area (Å²) in [6, 6.07) is 25.8. The van der Waals surface area contributed by atoms with Crippen molar-refractivity contribution in [1.29, 1.82) is 0 Å². The number of para-hydroxylation sites is 1. The molecular weight excluding hydrogens is 434 g/mol. The molecule has 0 saturated heterocycles. The van der Waals surface area contributed by atoms with Gasteiger partial charge in [-0.15, -0.1) is 0 Å². The Morgan fingerprint density at radius 2 is 1.71 bits per heavy atom. The minimum Gasteiger partial charge on any atom is -0.236 e. The van der Waals surface area contributed by atoms with Gasteiger partial charge in [-0.1, -0.05) is 70.0 Å². The predicted molar refractivity (Wildman–Crippen MR) is 120 cm³/mol. The maximum Gasteiger partial charge on any atom is 0.163 e. The molecule has 138 valence electrons. The molecule has 3 nitrogen and oxygen atoms in total. The average Bonchev–Trinajstić information content (AvgIpc) is 3.04. The van der Waals surface area contributed by atoms with Crippen molar-refractivity contribution in [3.8, 4) is 16.8 Å². The molecule has 0 amide bonds. The Morgan fingerprint density at radius 1 is 0.964 bits per heavy atom. The second-order valence-electron chi connectivity index (χ2n) is 6.35. The normalized spacial score (nSPS) is 11.2. The first kappa shape index (κ1) is 18.7. The van der Waals surface area contributed by atoms with E-state index in [9.17, 15) is 0 Å². The van der Waals surface area contributed by atoms with E-state index in [1.807, 2.05) is 84.6 Å². The fourth-order valence-corrected chi connectivity index (χ4v) is 3.58. The van der Waals surface area contributed by atoms with Crippen LogP contribution in [0, 0.1) is 6.92 Å². The molecule has 0 spiro atoms. The molecule has 0 saturated carbocycles. The molecule has 0 atom stereocenters. The van der Waals surface area contributed by atoms with Crippen LogP contribution in [-0.2, 0) is 0 Å². The molecule has 0 aliphatic rings. The molecule has 1 heterocycles. The molecule has 1 aromatic heterocycles. The Morgan fingerprint density at radius 3 is 2.43 bits per heavy atom. The number of hydrogen-bond acceptors (Lipinski definition) is 2. The van der Waals surface area contributed by atoms with Gasteiger partial charge in [-0.05, 0) is 54.4 Å². The Hall–Kier alpha value is -2.69. The predicted octanol–water partition coefficient (Wildman–Crippen LogP) is 7.01. The smallest absolute Gasteiger partial charge is 0.163 e. The summed E-state index contributed by atoms with van der Waals surface area (Å²) in [5.74, 6) is 0.789. The van der Waals surface area contributed by atoms with E-state index >= 15 is 0 Å². The first-order valence-corrected chi connectivity index (χ1v) is 9.99. The Labute approximate surface area is 177 Å². The molecule has 0 radical (unpaired) electrons. The molecule has 5 heteroatoms. The van der Waals surface area contributed by atoms with Gasteiger partial charge in [0.2, 0.25) is 0 Å². The molecule has 0 aliphatic heterocycles. The van der Waals surface area contributed by atoms with Gasteiger partial charge in [0, 0.05) is 21.3 Å². The third-order valence-electron chi connectivity index (χ3n) is 4.36. The third kappa shape index (κ3) is 3.93. The van der Waals surface area contributed by atoms with Crippen LogP contribution < -0.4 is 0 Å². The molecular formula is C23H17BrClN3. The Kier molecular flexibility index (Phi) is 5.42. The third-order valence-corrected chi connectivity index (χ3v) is 5.10. The van der Waals surface area contributed by atoms with E-state index in [1.54, 1.807) is 0 Å². The minimum absolute atomic E-state index is 0.706. The molecule has 28 heavy (non-hydrogen) atoms. The van der Waals surface area contributed by atoms with Crippen molar-refractivity contribution in [2.45, 2.75) is 6.92 Å². The van der Waals surface area contributed by atoms with Crippen LogP contribution in [0.25, 0.3) is 16.8 Å². The summed E-state index contributed by atoms with van der Waals surface area (Å²) in [6.45, 7) is 2.01. The highest BCUT2D eigenvalue weighted by Gasteiger charge is 2.17. The molecule has 0 unspecified atom stereocenters. The fourth-order valence-electron chi connectivity index (χ4n) is 3.05. The van der Waals surface area contributed by atoms with Gasteiger partial charge >= 0.3 is 0 Å². The van der Waals surface area contributed by atoms with E-state index < -0.39 is 0 Å². The van der Waals surface area contributed by atoms with Crippen molar-refractivity contribution in [3.63, 3.8) is 0 Å². The topological polar surface area (TPSA) is 30.2 Å². The van der Waals surface area contributed by atoms with Gasteiger partial charge in [0.1, 0.15) is 0 Å². The van der Waals surface area contributed by atoms with Crippen molar-refractivity contribution >= 4 is 39.6 Å². The van der Waals surface area contributed by atoms with Gasteiger partial charge in [0.05, 0.1) is 11.4 Å². The van der Waals surface area contributed by atoms with Crippen molar-refractivity contribution in [2.24, 2.45) is 4.99 Å². The lowest BCUT2D eigenvalue weighted by atomic mass is 10.1. The largest absolute Gasteiger partial charge is 0.236 e. The molecule has 0 N–H and O–H groups in total. The summed E-state index contributed by atoms with van der Waals surface area (Å²) in [7, 11) is 0. The summed E-state index contributed by atoms with van der Waals surface area (Å²) in [5.41, 5.74) is 4.94. The van der Waals surface area contributed by atoms with Gasteiger partial charge in [-0.3, -0.25) is 0 Å². The lowest BCUT2D eigenvalue weighted by Crippen LogP contribution is -1.96. The van der Waals surface area contributed by atoms with Crippen molar-refractivity contribution in [2.75, 3.05) is 0 Å². The second kappa shape index (κ2) is 8.13. The quantitative estimate of drug-likeness (QED) is 0.307. The number of benzene rings is 3. The van der Waals surface area contributed by atoms with Crippen LogP contribution in [0.2, 0.25) is 5.02 Å². The van der Waals surface area contributed by atoms with E-state index in [2.05, 4.69) is 28.1 Å². The first-order chi connectivity index (χ1) is 13.6. The van der Waals surface area contributed by atoms with Crippen LogP contribution in [0.4, 0.5) is 5.82 Å². The lowest BCUT2D eigenvalue weighted by Gasteiger charge is -2.06. The van der Waals surface area contributed by atoms with Gasteiger partial charge in [0.25, 0.3) is 0 Å².